The van der Waals surface area contributed by atoms with E-state index in [0.717, 1.165) is 16.2 Å². The predicted octanol–water partition coefficient (Wildman–Crippen LogP) is 7.17. The summed E-state index contributed by atoms with van der Waals surface area (Å²) in [4.78, 5) is 26.7. The van der Waals surface area contributed by atoms with Crippen LogP contribution in [-0.4, -0.2) is 39.5 Å². The van der Waals surface area contributed by atoms with Crippen LogP contribution >= 0.6 is 22.9 Å². The minimum Gasteiger partial charge on any atom is -0.335 e. The first-order valence-corrected chi connectivity index (χ1v) is 12.4. The molecule has 0 saturated carbocycles. The number of aromatic nitrogens is 2. The molecule has 3 rings (SSSR count). The maximum Gasteiger partial charge on any atom is 0.416 e. The molecule has 0 aliphatic heterocycles. The highest BCUT2D eigenvalue weighted by Crippen LogP contribution is 2.37. The van der Waals surface area contributed by atoms with E-state index in [9.17, 15) is 35.9 Å². The Bertz CT molecular complexity index is 1280. The van der Waals surface area contributed by atoms with E-state index in [1.165, 1.54) is 0 Å². The smallest absolute Gasteiger partial charge is 0.335 e. The van der Waals surface area contributed by atoms with Crippen LogP contribution in [0, 0.1) is 0 Å². The number of nitrogens with zero attached hydrogens (tertiary/aromatic N) is 3. The molecule has 204 valence electrons. The summed E-state index contributed by atoms with van der Waals surface area (Å²) in [6.07, 6.45) is -10.1. The molecule has 2 aromatic carbocycles. The minimum atomic E-state index is -5.09. The van der Waals surface area contributed by atoms with Gasteiger partial charge in [-0.2, -0.15) is 26.3 Å². The molecule has 38 heavy (non-hydrogen) atoms. The zero-order valence-electron chi connectivity index (χ0n) is 20.0. The molecule has 0 bridgehead atoms. The number of hydrogen-bond acceptors (Lipinski definition) is 5. The van der Waals surface area contributed by atoms with Crippen LogP contribution in [0.25, 0.3) is 10.6 Å². The van der Waals surface area contributed by atoms with Crippen LogP contribution in [0.4, 0.5) is 31.5 Å². The fraction of sp³-hybridized carbons (Fsp3) is 0.333. The van der Waals surface area contributed by atoms with Crippen molar-refractivity contribution in [3.05, 3.63) is 64.2 Å². The average molecular weight is 579 g/mol. The van der Waals surface area contributed by atoms with Crippen LogP contribution in [0.5, 0.6) is 0 Å². The van der Waals surface area contributed by atoms with Gasteiger partial charge in [-0.15, -0.1) is 10.2 Å². The number of rotatable bonds is 8. The van der Waals surface area contributed by atoms with Crippen molar-refractivity contribution in [2.45, 2.75) is 45.1 Å². The molecule has 0 fully saturated rings. The summed E-state index contributed by atoms with van der Waals surface area (Å²) in [6, 6.07) is 6.97. The van der Waals surface area contributed by atoms with Gasteiger partial charge in [-0.1, -0.05) is 42.0 Å². The topological polar surface area (TPSA) is 75.2 Å². The summed E-state index contributed by atoms with van der Waals surface area (Å²) in [6.45, 7) is 3.02. The fourth-order valence-corrected chi connectivity index (χ4v) is 4.35. The van der Waals surface area contributed by atoms with E-state index in [1.54, 1.807) is 38.1 Å². The lowest BCUT2D eigenvalue weighted by atomic mass is 10.0. The van der Waals surface area contributed by atoms with Gasteiger partial charge in [0.05, 0.1) is 11.1 Å². The van der Waals surface area contributed by atoms with Crippen LogP contribution in [0.2, 0.25) is 5.02 Å². The zero-order chi connectivity index (χ0) is 28.3. The van der Waals surface area contributed by atoms with Crippen molar-refractivity contribution in [3.8, 4) is 10.6 Å². The summed E-state index contributed by atoms with van der Waals surface area (Å²) in [7, 11) is 0. The Morgan fingerprint density at radius 1 is 1.03 bits per heavy atom. The van der Waals surface area contributed by atoms with Crippen molar-refractivity contribution in [2.24, 2.45) is 0 Å². The highest BCUT2D eigenvalue weighted by atomic mass is 35.5. The minimum absolute atomic E-state index is 0.0441. The number of anilines is 1. The third kappa shape index (κ3) is 7.44. The van der Waals surface area contributed by atoms with Crippen LogP contribution in [-0.2, 0) is 17.1 Å². The standard InChI is InChI=1S/C24H21ClF6N4O2S/c1-3-13(2)35(21(37)15-9-16(23(26,27)28)12-17(10-15)24(29,30)31)8-7-19(36)32-22-34-33-20(38-22)14-5-4-6-18(25)11-14/h4-6,9-13H,3,7-8H2,1-2H3,(H,32,34,36)/t13-/m1/s1. The lowest BCUT2D eigenvalue weighted by Crippen LogP contribution is -2.40. The lowest BCUT2D eigenvalue weighted by Gasteiger charge is -2.29. The molecule has 14 heteroatoms. The summed E-state index contributed by atoms with van der Waals surface area (Å²) >= 11 is 7.04. The third-order valence-corrected chi connectivity index (χ3v) is 6.66. The number of hydrogen-bond donors (Lipinski definition) is 1. The summed E-state index contributed by atoms with van der Waals surface area (Å²) < 4.78 is 79.5. The van der Waals surface area contributed by atoms with E-state index in [1.807, 2.05) is 0 Å². The Morgan fingerprint density at radius 2 is 1.66 bits per heavy atom. The first-order valence-electron chi connectivity index (χ1n) is 11.2. The van der Waals surface area contributed by atoms with Crippen LogP contribution in [0.15, 0.2) is 42.5 Å². The molecule has 0 spiro atoms. The maximum absolute atomic E-state index is 13.3. The molecule has 0 aliphatic carbocycles. The summed E-state index contributed by atoms with van der Waals surface area (Å²) in [5.41, 5.74) is -3.28. The van der Waals surface area contributed by atoms with E-state index in [-0.39, 0.29) is 24.2 Å². The van der Waals surface area contributed by atoms with Gasteiger partial charge in [0.2, 0.25) is 11.0 Å². The third-order valence-electron chi connectivity index (χ3n) is 5.54. The van der Waals surface area contributed by atoms with Crippen molar-refractivity contribution in [1.82, 2.24) is 15.1 Å². The van der Waals surface area contributed by atoms with Gasteiger partial charge in [-0.05, 0) is 43.7 Å². The zero-order valence-corrected chi connectivity index (χ0v) is 21.5. The molecule has 0 saturated heterocycles. The van der Waals surface area contributed by atoms with E-state index in [4.69, 9.17) is 11.6 Å². The molecule has 1 heterocycles. The second-order valence-electron chi connectivity index (χ2n) is 8.27. The van der Waals surface area contributed by atoms with Gasteiger partial charge in [-0.3, -0.25) is 9.59 Å². The van der Waals surface area contributed by atoms with Crippen LogP contribution in [0.3, 0.4) is 0 Å². The lowest BCUT2D eigenvalue weighted by molar-refractivity contribution is -0.143. The molecule has 0 unspecified atom stereocenters. The molecule has 3 aromatic rings. The van der Waals surface area contributed by atoms with Crippen molar-refractivity contribution < 1.29 is 35.9 Å². The monoisotopic (exact) mass is 578 g/mol. The Morgan fingerprint density at radius 3 is 2.21 bits per heavy atom. The molecule has 0 aliphatic rings. The Labute approximate surface area is 222 Å². The van der Waals surface area contributed by atoms with Crippen LogP contribution in [0.1, 0.15) is 48.2 Å². The predicted molar refractivity (Wildman–Crippen MR) is 131 cm³/mol. The second kappa shape index (κ2) is 11.7. The molecule has 0 radical (unpaired) electrons. The Balaban J connectivity index is 1.76. The number of alkyl halides is 6. The maximum atomic E-state index is 13.3. The largest absolute Gasteiger partial charge is 0.416 e. The van der Waals surface area contributed by atoms with Crippen LogP contribution < -0.4 is 5.32 Å². The van der Waals surface area contributed by atoms with Gasteiger partial charge in [-0.25, -0.2) is 0 Å². The Hall–Kier alpha value is -3.19. The van der Waals surface area contributed by atoms with Gasteiger partial charge in [0, 0.05) is 35.2 Å². The van der Waals surface area contributed by atoms with E-state index in [2.05, 4.69) is 15.5 Å². The Kier molecular flexibility index (Phi) is 9.03. The quantitative estimate of drug-likeness (QED) is 0.288. The SMILES string of the molecule is CC[C@@H](C)N(CCC(=O)Nc1nnc(-c2cccc(Cl)c2)s1)C(=O)c1cc(C(F)(F)F)cc(C(F)(F)F)c1. The van der Waals surface area contributed by atoms with Gasteiger partial charge in [0.1, 0.15) is 5.01 Å². The van der Waals surface area contributed by atoms with Crippen molar-refractivity contribution in [2.75, 3.05) is 11.9 Å². The summed E-state index contributed by atoms with van der Waals surface area (Å²) in [5, 5.41) is 11.6. The number of benzene rings is 2. The molecule has 6 nitrogen and oxygen atoms in total. The molecule has 1 atom stereocenters. The summed E-state index contributed by atoms with van der Waals surface area (Å²) in [5.74, 6) is -1.62. The fourth-order valence-electron chi connectivity index (χ4n) is 3.40. The van der Waals surface area contributed by atoms with E-state index < -0.39 is 46.9 Å². The second-order valence-corrected chi connectivity index (χ2v) is 9.69. The number of nitrogens with one attached hydrogen (secondary N) is 1. The number of carbonyl (C=O) groups is 2. The highest BCUT2D eigenvalue weighted by Gasteiger charge is 2.38. The average Bonchev–Trinajstić information content (AvgIpc) is 3.30. The number of amides is 2. The first kappa shape index (κ1) is 29.4. The normalized spacial score (nSPS) is 12.8. The number of halogens is 7. The van der Waals surface area contributed by atoms with E-state index >= 15 is 0 Å². The van der Waals surface area contributed by atoms with Gasteiger partial charge < -0.3 is 10.2 Å². The van der Waals surface area contributed by atoms with Crippen molar-refractivity contribution in [1.29, 1.82) is 0 Å². The molecular formula is C24H21ClF6N4O2S. The van der Waals surface area contributed by atoms with Crippen molar-refractivity contribution >= 4 is 39.9 Å². The molecule has 2 amide bonds. The van der Waals surface area contributed by atoms with E-state index in [0.29, 0.717) is 34.1 Å². The first-order chi connectivity index (χ1) is 17.7. The molecule has 1 N–H and O–H groups in total. The number of carbonyl (C=O) groups excluding carboxylic acids is 2. The molecular weight excluding hydrogens is 558 g/mol. The van der Waals surface area contributed by atoms with Crippen molar-refractivity contribution in [3.63, 3.8) is 0 Å². The highest BCUT2D eigenvalue weighted by molar-refractivity contribution is 7.18. The van der Waals surface area contributed by atoms with Gasteiger partial charge in [0.25, 0.3) is 5.91 Å². The van der Waals surface area contributed by atoms with Gasteiger partial charge >= 0.3 is 12.4 Å². The molecule has 1 aromatic heterocycles. The van der Waals surface area contributed by atoms with Gasteiger partial charge in [0.15, 0.2) is 0 Å².